The number of aliphatic imine (C=N–C) groups is 2. The SMILES string of the molecule is CC1(c2ccc(N=C=O)cc2)CCCCC1c1ccc(N=C=O)cc1. The number of hydrogen-bond donors (Lipinski definition) is 0. The van der Waals surface area contributed by atoms with Crippen LogP contribution in [-0.2, 0) is 15.0 Å². The molecule has 2 aromatic rings. The van der Waals surface area contributed by atoms with E-state index in [-0.39, 0.29) is 5.41 Å². The molecule has 2 aromatic carbocycles. The number of hydrogen-bond acceptors (Lipinski definition) is 4. The molecule has 0 saturated heterocycles. The molecule has 2 atom stereocenters. The minimum absolute atomic E-state index is 0.0249. The smallest absolute Gasteiger partial charge is 0.211 e. The molecule has 25 heavy (non-hydrogen) atoms. The van der Waals surface area contributed by atoms with Crippen molar-refractivity contribution in [3.8, 4) is 0 Å². The van der Waals surface area contributed by atoms with Gasteiger partial charge in [-0.25, -0.2) is 9.59 Å². The molecule has 0 N–H and O–H groups in total. The Bertz CT molecular complexity index is 829. The van der Waals surface area contributed by atoms with Gasteiger partial charge in [-0.05, 0) is 59.6 Å². The van der Waals surface area contributed by atoms with E-state index in [1.165, 1.54) is 24.0 Å². The number of carbonyl (C=O) groups excluding carboxylic acids is 2. The Kier molecular flexibility index (Phi) is 5.04. The monoisotopic (exact) mass is 332 g/mol. The number of isocyanates is 2. The van der Waals surface area contributed by atoms with Gasteiger partial charge in [-0.2, -0.15) is 9.98 Å². The van der Waals surface area contributed by atoms with Crippen LogP contribution in [0.15, 0.2) is 58.5 Å². The maximum absolute atomic E-state index is 10.4. The molecule has 3 rings (SSSR count). The van der Waals surface area contributed by atoms with Crippen molar-refractivity contribution in [2.45, 2.75) is 43.9 Å². The molecule has 0 radical (unpaired) electrons. The van der Waals surface area contributed by atoms with Gasteiger partial charge in [0.05, 0.1) is 11.4 Å². The Balaban J connectivity index is 1.96. The quantitative estimate of drug-likeness (QED) is 0.568. The fraction of sp³-hybridized carbons (Fsp3) is 0.333. The van der Waals surface area contributed by atoms with Crippen molar-refractivity contribution >= 4 is 23.5 Å². The van der Waals surface area contributed by atoms with Crippen molar-refractivity contribution in [2.24, 2.45) is 9.98 Å². The molecule has 0 bridgehead atoms. The predicted octanol–water partition coefficient (Wildman–Crippen LogP) is 5.24. The van der Waals surface area contributed by atoms with Gasteiger partial charge in [-0.15, -0.1) is 0 Å². The Morgan fingerprint density at radius 1 is 0.880 bits per heavy atom. The second kappa shape index (κ2) is 7.40. The zero-order valence-corrected chi connectivity index (χ0v) is 14.2. The summed E-state index contributed by atoms with van der Waals surface area (Å²) in [6, 6.07) is 15.8. The summed E-state index contributed by atoms with van der Waals surface area (Å²) in [7, 11) is 0. The maximum atomic E-state index is 10.4. The van der Waals surface area contributed by atoms with E-state index >= 15 is 0 Å². The summed E-state index contributed by atoms with van der Waals surface area (Å²) in [6.07, 6.45) is 7.81. The van der Waals surface area contributed by atoms with Crippen LogP contribution < -0.4 is 0 Å². The first kappa shape index (κ1) is 17.0. The van der Waals surface area contributed by atoms with E-state index in [2.05, 4.69) is 41.2 Å². The zero-order chi connectivity index (χ0) is 17.7. The van der Waals surface area contributed by atoms with Crippen molar-refractivity contribution in [1.82, 2.24) is 0 Å². The van der Waals surface area contributed by atoms with Crippen molar-refractivity contribution in [1.29, 1.82) is 0 Å². The maximum Gasteiger partial charge on any atom is 0.240 e. The van der Waals surface area contributed by atoms with E-state index in [1.807, 2.05) is 24.3 Å². The van der Waals surface area contributed by atoms with Gasteiger partial charge in [0, 0.05) is 0 Å². The highest BCUT2D eigenvalue weighted by molar-refractivity contribution is 5.51. The molecule has 4 nitrogen and oxygen atoms in total. The van der Waals surface area contributed by atoms with Crippen LogP contribution >= 0.6 is 0 Å². The van der Waals surface area contributed by atoms with Crippen LogP contribution in [0.2, 0.25) is 0 Å². The van der Waals surface area contributed by atoms with Crippen molar-refractivity contribution in [3.05, 3.63) is 59.7 Å². The van der Waals surface area contributed by atoms with E-state index < -0.39 is 0 Å². The number of rotatable bonds is 4. The molecular weight excluding hydrogens is 312 g/mol. The third-order valence-corrected chi connectivity index (χ3v) is 5.38. The summed E-state index contributed by atoms with van der Waals surface area (Å²) in [5.41, 5.74) is 3.81. The highest BCUT2D eigenvalue weighted by Crippen LogP contribution is 2.49. The first-order chi connectivity index (χ1) is 12.2. The van der Waals surface area contributed by atoms with Gasteiger partial charge in [0.2, 0.25) is 12.2 Å². The summed E-state index contributed by atoms with van der Waals surface area (Å²) in [5.74, 6) is 0.399. The minimum Gasteiger partial charge on any atom is -0.211 e. The van der Waals surface area contributed by atoms with E-state index in [0.29, 0.717) is 17.3 Å². The van der Waals surface area contributed by atoms with Crippen molar-refractivity contribution in [2.75, 3.05) is 0 Å². The number of benzene rings is 2. The van der Waals surface area contributed by atoms with Gasteiger partial charge in [0.25, 0.3) is 0 Å². The molecule has 0 aromatic heterocycles. The standard InChI is InChI=1S/C21H20N2O2/c1-21(17-7-11-19(12-8-17)23-15-25)13-3-2-4-20(21)16-5-9-18(10-6-16)22-14-24/h5-12,20H,2-4,13H2,1H3. The van der Waals surface area contributed by atoms with Gasteiger partial charge in [-0.1, -0.05) is 44.0 Å². The van der Waals surface area contributed by atoms with Gasteiger partial charge < -0.3 is 0 Å². The average Bonchev–Trinajstić information content (AvgIpc) is 2.64. The lowest BCUT2D eigenvalue weighted by Crippen LogP contribution is -2.33. The third kappa shape index (κ3) is 3.51. The molecule has 1 fully saturated rings. The van der Waals surface area contributed by atoms with Crippen molar-refractivity contribution < 1.29 is 9.59 Å². The molecule has 1 saturated carbocycles. The van der Waals surface area contributed by atoms with Gasteiger partial charge in [-0.3, -0.25) is 0 Å². The Morgan fingerprint density at radius 2 is 1.44 bits per heavy atom. The van der Waals surface area contributed by atoms with Crippen LogP contribution in [0.25, 0.3) is 0 Å². The molecule has 0 aliphatic heterocycles. The highest BCUT2D eigenvalue weighted by Gasteiger charge is 2.38. The van der Waals surface area contributed by atoms with Crippen molar-refractivity contribution in [3.63, 3.8) is 0 Å². The minimum atomic E-state index is 0.0249. The Labute approximate surface area is 147 Å². The molecule has 126 valence electrons. The van der Waals surface area contributed by atoms with E-state index in [1.54, 1.807) is 12.2 Å². The topological polar surface area (TPSA) is 58.9 Å². The average molecular weight is 332 g/mol. The second-order valence-electron chi connectivity index (χ2n) is 6.76. The molecule has 0 spiro atoms. The van der Waals surface area contributed by atoms with Crippen LogP contribution in [0.1, 0.15) is 49.7 Å². The first-order valence-corrected chi connectivity index (χ1v) is 8.53. The zero-order valence-electron chi connectivity index (χ0n) is 14.2. The molecule has 4 heteroatoms. The largest absolute Gasteiger partial charge is 0.240 e. The van der Waals surface area contributed by atoms with E-state index in [4.69, 9.17) is 0 Å². The number of nitrogens with zero attached hydrogens (tertiary/aromatic N) is 2. The summed E-state index contributed by atoms with van der Waals surface area (Å²) < 4.78 is 0. The van der Waals surface area contributed by atoms with E-state index in [0.717, 1.165) is 12.8 Å². The van der Waals surface area contributed by atoms with Gasteiger partial charge >= 0.3 is 0 Å². The van der Waals surface area contributed by atoms with Gasteiger partial charge in [0.15, 0.2) is 0 Å². The highest BCUT2D eigenvalue weighted by atomic mass is 16.1. The van der Waals surface area contributed by atoms with Crippen LogP contribution in [0.3, 0.4) is 0 Å². The molecule has 2 unspecified atom stereocenters. The van der Waals surface area contributed by atoms with Gasteiger partial charge in [0.1, 0.15) is 0 Å². The van der Waals surface area contributed by atoms with Crippen LogP contribution in [0.5, 0.6) is 0 Å². The predicted molar refractivity (Wildman–Crippen MR) is 97.0 cm³/mol. The van der Waals surface area contributed by atoms with Crippen LogP contribution in [0.4, 0.5) is 11.4 Å². The molecule has 1 aliphatic rings. The molecule has 0 amide bonds. The summed E-state index contributed by atoms with van der Waals surface area (Å²) >= 11 is 0. The first-order valence-electron chi connectivity index (χ1n) is 8.53. The molecular formula is C21H20N2O2. The Hall–Kier alpha value is -2.80. The fourth-order valence-electron chi connectivity index (χ4n) is 4.02. The lowest BCUT2D eigenvalue weighted by Gasteiger charge is -2.42. The second-order valence-corrected chi connectivity index (χ2v) is 6.76. The van der Waals surface area contributed by atoms with E-state index in [9.17, 15) is 9.59 Å². The molecule has 1 aliphatic carbocycles. The molecule has 0 heterocycles. The normalized spacial score (nSPS) is 22.5. The summed E-state index contributed by atoms with van der Waals surface area (Å²) in [4.78, 5) is 28.2. The fourth-order valence-corrected chi connectivity index (χ4v) is 4.02. The Morgan fingerprint density at radius 3 is 2.00 bits per heavy atom. The summed E-state index contributed by atoms with van der Waals surface area (Å²) in [5, 5.41) is 0. The lowest BCUT2D eigenvalue weighted by molar-refractivity contribution is 0.270. The lowest BCUT2D eigenvalue weighted by atomic mass is 9.61. The summed E-state index contributed by atoms with van der Waals surface area (Å²) in [6.45, 7) is 2.31. The third-order valence-electron chi connectivity index (χ3n) is 5.38. The van der Waals surface area contributed by atoms with Crippen LogP contribution in [0, 0.1) is 0 Å². The van der Waals surface area contributed by atoms with Crippen LogP contribution in [-0.4, -0.2) is 12.2 Å².